The second-order valence-electron chi connectivity index (χ2n) is 5.14. The van der Waals surface area contributed by atoms with Crippen LogP contribution in [0.4, 0.5) is 4.39 Å². The predicted octanol–water partition coefficient (Wildman–Crippen LogP) is 0.915. The fraction of sp³-hybridized carbons (Fsp3) is 0.462. The summed E-state index contributed by atoms with van der Waals surface area (Å²) in [4.78, 5) is 10.6. The number of benzene rings is 1. The van der Waals surface area contributed by atoms with Crippen LogP contribution >= 0.6 is 0 Å². The lowest BCUT2D eigenvalue weighted by atomic mass is 9.98. The van der Waals surface area contributed by atoms with Crippen molar-refractivity contribution in [2.24, 2.45) is 5.92 Å². The Labute approximate surface area is 121 Å². The van der Waals surface area contributed by atoms with Crippen molar-refractivity contribution in [2.75, 3.05) is 13.1 Å². The first-order valence-corrected chi connectivity index (χ1v) is 7.88. The number of nitrogens with zero attached hydrogens (tertiary/aromatic N) is 1. The molecule has 0 bridgehead atoms. The van der Waals surface area contributed by atoms with Gasteiger partial charge in [-0.3, -0.25) is 0 Å². The molecular formula is C13H16FNO5S. The Bertz CT molecular complexity index is 661. The molecule has 0 aromatic heterocycles. The van der Waals surface area contributed by atoms with Crippen LogP contribution in [0.25, 0.3) is 0 Å². The van der Waals surface area contributed by atoms with Crippen molar-refractivity contribution in [2.45, 2.75) is 24.3 Å². The molecule has 2 unspecified atom stereocenters. The molecule has 116 valence electrons. The summed E-state index contributed by atoms with van der Waals surface area (Å²) in [6, 6.07) is 2.65. The van der Waals surface area contributed by atoms with Crippen molar-refractivity contribution >= 4 is 16.0 Å². The van der Waals surface area contributed by atoms with E-state index in [-0.39, 0.29) is 23.9 Å². The third-order valence-electron chi connectivity index (χ3n) is 3.69. The van der Waals surface area contributed by atoms with E-state index >= 15 is 0 Å². The summed E-state index contributed by atoms with van der Waals surface area (Å²) in [6.45, 7) is 2.01. The summed E-state index contributed by atoms with van der Waals surface area (Å²) in [6.07, 6.45) is -0.263. The van der Waals surface area contributed by atoms with Crippen molar-refractivity contribution in [1.82, 2.24) is 4.31 Å². The van der Waals surface area contributed by atoms with Crippen LogP contribution < -0.4 is 0 Å². The first-order valence-electron chi connectivity index (χ1n) is 6.44. The molecule has 0 amide bonds. The third kappa shape index (κ3) is 3.07. The van der Waals surface area contributed by atoms with Gasteiger partial charge in [-0.05, 0) is 30.5 Å². The fourth-order valence-electron chi connectivity index (χ4n) is 2.22. The van der Waals surface area contributed by atoms with Crippen LogP contribution in [0.3, 0.4) is 0 Å². The summed E-state index contributed by atoms with van der Waals surface area (Å²) in [7, 11) is -3.95. The van der Waals surface area contributed by atoms with E-state index in [2.05, 4.69) is 0 Å². The molecule has 0 radical (unpaired) electrons. The molecule has 1 fully saturated rings. The third-order valence-corrected chi connectivity index (χ3v) is 5.55. The van der Waals surface area contributed by atoms with Crippen molar-refractivity contribution in [3.8, 4) is 0 Å². The standard InChI is InChI=1S/C13H16FNO5S/c1-8-4-5-15(7-12(8)16)21(19,20)9-2-3-11(14)10(6-9)13(17)18/h2-3,6,8,12,16H,4-5,7H2,1H3,(H,17,18). The van der Waals surface area contributed by atoms with Gasteiger partial charge in [0.2, 0.25) is 10.0 Å². The summed E-state index contributed by atoms with van der Waals surface area (Å²) in [5, 5.41) is 18.6. The molecule has 1 aliphatic heterocycles. The zero-order valence-electron chi connectivity index (χ0n) is 11.4. The van der Waals surface area contributed by atoms with Crippen LogP contribution in [0.2, 0.25) is 0 Å². The highest BCUT2D eigenvalue weighted by molar-refractivity contribution is 7.89. The number of halogens is 1. The molecule has 21 heavy (non-hydrogen) atoms. The van der Waals surface area contributed by atoms with E-state index in [9.17, 15) is 22.7 Å². The van der Waals surface area contributed by atoms with Gasteiger partial charge < -0.3 is 10.2 Å². The van der Waals surface area contributed by atoms with E-state index in [1.54, 1.807) is 0 Å². The van der Waals surface area contributed by atoms with Crippen LogP contribution in [-0.2, 0) is 10.0 Å². The van der Waals surface area contributed by atoms with Gasteiger partial charge in [0, 0.05) is 13.1 Å². The Hall–Kier alpha value is -1.51. The topological polar surface area (TPSA) is 94.9 Å². The molecule has 1 heterocycles. The molecule has 0 aliphatic carbocycles. The lowest BCUT2D eigenvalue weighted by Gasteiger charge is -2.33. The van der Waals surface area contributed by atoms with Gasteiger partial charge >= 0.3 is 5.97 Å². The maximum atomic E-state index is 13.3. The number of carboxylic acids is 1. The van der Waals surface area contributed by atoms with Gasteiger partial charge in [-0.2, -0.15) is 4.31 Å². The molecule has 8 heteroatoms. The van der Waals surface area contributed by atoms with E-state index in [0.29, 0.717) is 6.42 Å². The average Bonchev–Trinajstić information content (AvgIpc) is 2.41. The first-order chi connectivity index (χ1) is 9.73. The van der Waals surface area contributed by atoms with Crippen LogP contribution in [0.15, 0.2) is 23.1 Å². The normalized spacial score (nSPS) is 24.0. The number of carboxylic acid groups (broad SMARTS) is 1. The minimum absolute atomic E-state index is 0.000696. The van der Waals surface area contributed by atoms with Crippen molar-refractivity contribution < 1.29 is 27.8 Å². The van der Waals surface area contributed by atoms with Crippen molar-refractivity contribution in [3.63, 3.8) is 0 Å². The number of hydrogen-bond acceptors (Lipinski definition) is 4. The predicted molar refractivity (Wildman–Crippen MR) is 71.9 cm³/mol. The van der Waals surface area contributed by atoms with Crippen molar-refractivity contribution in [1.29, 1.82) is 0 Å². The minimum Gasteiger partial charge on any atom is -0.478 e. The van der Waals surface area contributed by atoms with Crippen LogP contribution in [-0.4, -0.2) is 48.1 Å². The van der Waals surface area contributed by atoms with Gasteiger partial charge in [0.1, 0.15) is 5.82 Å². The van der Waals surface area contributed by atoms with Gasteiger partial charge in [-0.25, -0.2) is 17.6 Å². The highest BCUT2D eigenvalue weighted by atomic mass is 32.2. The van der Waals surface area contributed by atoms with Gasteiger partial charge in [-0.15, -0.1) is 0 Å². The van der Waals surface area contributed by atoms with E-state index in [0.717, 1.165) is 22.5 Å². The monoisotopic (exact) mass is 317 g/mol. The number of rotatable bonds is 3. The summed E-state index contributed by atoms with van der Waals surface area (Å²) < 4.78 is 39.3. The molecule has 0 spiro atoms. The van der Waals surface area contributed by atoms with Crippen molar-refractivity contribution in [3.05, 3.63) is 29.6 Å². The Morgan fingerprint density at radius 3 is 2.67 bits per heavy atom. The second-order valence-corrected chi connectivity index (χ2v) is 7.08. The number of aromatic carboxylic acids is 1. The fourth-order valence-corrected chi connectivity index (χ4v) is 3.72. The van der Waals surface area contributed by atoms with E-state index in [4.69, 9.17) is 5.11 Å². The van der Waals surface area contributed by atoms with E-state index in [1.165, 1.54) is 0 Å². The van der Waals surface area contributed by atoms with Gasteiger partial charge in [-0.1, -0.05) is 6.92 Å². The quantitative estimate of drug-likeness (QED) is 0.864. The number of β-amino-alcohol motifs (C(OH)–C–C–N with tert-alkyl or cyclic N) is 1. The molecule has 6 nitrogen and oxygen atoms in total. The van der Waals surface area contributed by atoms with Crippen LogP contribution in [0.1, 0.15) is 23.7 Å². The Morgan fingerprint density at radius 1 is 1.43 bits per heavy atom. The number of piperidine rings is 1. The van der Waals surface area contributed by atoms with Crippen LogP contribution in [0, 0.1) is 11.7 Å². The highest BCUT2D eigenvalue weighted by Gasteiger charge is 2.33. The number of aliphatic hydroxyl groups is 1. The second kappa shape index (κ2) is 5.70. The minimum atomic E-state index is -3.95. The zero-order valence-corrected chi connectivity index (χ0v) is 12.2. The maximum Gasteiger partial charge on any atom is 0.338 e. The smallest absolute Gasteiger partial charge is 0.338 e. The molecule has 1 saturated heterocycles. The molecule has 0 saturated carbocycles. The van der Waals surface area contributed by atoms with Crippen LogP contribution in [0.5, 0.6) is 0 Å². The molecule has 2 atom stereocenters. The Balaban J connectivity index is 2.36. The number of aliphatic hydroxyl groups excluding tert-OH is 1. The summed E-state index contributed by atoms with van der Waals surface area (Å²) >= 11 is 0. The Morgan fingerprint density at radius 2 is 2.10 bits per heavy atom. The van der Waals surface area contributed by atoms with Gasteiger partial charge in [0.15, 0.2) is 0 Å². The molecule has 2 rings (SSSR count). The summed E-state index contributed by atoms with van der Waals surface area (Å²) in [5.41, 5.74) is -0.693. The molecule has 1 aromatic carbocycles. The number of sulfonamides is 1. The molecular weight excluding hydrogens is 301 g/mol. The Kier molecular flexibility index (Phi) is 4.31. The largest absolute Gasteiger partial charge is 0.478 e. The van der Waals surface area contributed by atoms with Gasteiger partial charge in [0.05, 0.1) is 16.6 Å². The van der Waals surface area contributed by atoms with E-state index in [1.807, 2.05) is 6.92 Å². The number of hydrogen-bond donors (Lipinski definition) is 2. The van der Waals surface area contributed by atoms with E-state index < -0.39 is 33.5 Å². The zero-order chi connectivity index (χ0) is 15.8. The SMILES string of the molecule is CC1CCN(S(=O)(=O)c2ccc(F)c(C(=O)O)c2)CC1O. The lowest BCUT2D eigenvalue weighted by Crippen LogP contribution is -2.45. The molecule has 1 aromatic rings. The maximum absolute atomic E-state index is 13.3. The molecule has 2 N–H and O–H groups in total. The summed E-state index contributed by atoms with van der Waals surface area (Å²) in [5.74, 6) is -2.52. The lowest BCUT2D eigenvalue weighted by molar-refractivity contribution is 0.0604. The number of carbonyl (C=O) groups is 1. The average molecular weight is 317 g/mol. The highest BCUT2D eigenvalue weighted by Crippen LogP contribution is 2.25. The van der Waals surface area contributed by atoms with Gasteiger partial charge in [0.25, 0.3) is 0 Å². The first kappa shape index (κ1) is 15.9. The molecule has 1 aliphatic rings.